The van der Waals surface area contributed by atoms with Gasteiger partial charge in [0.1, 0.15) is 0 Å². The first-order chi connectivity index (χ1) is 5.88. The summed E-state index contributed by atoms with van der Waals surface area (Å²) in [6, 6.07) is 0. The van der Waals surface area contributed by atoms with Gasteiger partial charge in [-0.15, -0.1) is 0 Å². The number of hydrogen-bond donors (Lipinski definition) is 0. The largest absolute Gasteiger partial charge is 0.289 e. The minimum Gasteiger partial charge on any atom is -0.289 e. The molecule has 0 heterocycles. The molecule has 68 valence electrons. The zero-order valence-electron chi connectivity index (χ0n) is 7.14. The molecular weight excluding hydrogens is 204 g/mol. The minimum absolute atomic E-state index is 0. The average molecular weight is 214 g/mol. The number of carbonyl (C=O) groups is 1. The van der Waals surface area contributed by atoms with E-state index >= 15 is 0 Å². The molecule has 1 nitrogen and oxygen atoms in total. The third-order valence-electron chi connectivity index (χ3n) is 2.13. The fourth-order valence-corrected chi connectivity index (χ4v) is 1.44. The van der Waals surface area contributed by atoms with Crippen LogP contribution in [-0.2, 0) is 21.9 Å². The van der Waals surface area contributed by atoms with Crippen LogP contribution in [0.3, 0.4) is 0 Å². The van der Waals surface area contributed by atoms with Crippen molar-refractivity contribution >= 4 is 5.78 Å². The summed E-state index contributed by atoms with van der Waals surface area (Å²) in [6.07, 6.45) is 13.3. The maximum atomic E-state index is 11.6. The van der Waals surface area contributed by atoms with E-state index in [1.165, 1.54) is 0 Å². The Morgan fingerprint density at radius 2 is 1.46 bits per heavy atom. The van der Waals surface area contributed by atoms with Crippen LogP contribution in [0.15, 0.2) is 47.6 Å². The van der Waals surface area contributed by atoms with E-state index < -0.39 is 0 Å². The Morgan fingerprint density at radius 1 is 1.00 bits per heavy atom. The van der Waals surface area contributed by atoms with Gasteiger partial charge in [0.25, 0.3) is 0 Å². The smallest absolute Gasteiger partial charge is 0.185 e. The van der Waals surface area contributed by atoms with Crippen molar-refractivity contribution in [3.63, 3.8) is 0 Å². The summed E-state index contributed by atoms with van der Waals surface area (Å²) in [7, 11) is 0. The third-order valence-corrected chi connectivity index (χ3v) is 2.13. The van der Waals surface area contributed by atoms with E-state index in [-0.39, 0.29) is 22.9 Å². The van der Waals surface area contributed by atoms with Gasteiger partial charge < -0.3 is 0 Å². The van der Waals surface area contributed by atoms with Crippen molar-refractivity contribution in [2.24, 2.45) is 0 Å². The first-order valence-corrected chi connectivity index (χ1v) is 4.14. The van der Waals surface area contributed by atoms with E-state index in [1.54, 1.807) is 0 Å². The molecule has 0 aliphatic heterocycles. The van der Waals surface area contributed by atoms with Gasteiger partial charge in [0.2, 0.25) is 0 Å². The van der Waals surface area contributed by atoms with Crippen molar-refractivity contribution < 1.29 is 21.9 Å². The van der Waals surface area contributed by atoms with Crippen molar-refractivity contribution in [3.8, 4) is 0 Å². The molecule has 0 aromatic carbocycles. The Balaban J connectivity index is 0.000000845. The average Bonchev–Trinajstić information content (AvgIpc) is 2.77. The molecule has 0 aromatic heterocycles. The summed E-state index contributed by atoms with van der Waals surface area (Å²) in [5.41, 5.74) is 1.84. The van der Waals surface area contributed by atoms with Gasteiger partial charge in [-0.3, -0.25) is 4.79 Å². The van der Waals surface area contributed by atoms with Crippen molar-refractivity contribution in [3.05, 3.63) is 47.6 Å². The molecule has 0 N–H and O–H groups in total. The van der Waals surface area contributed by atoms with E-state index in [9.17, 15) is 4.79 Å². The van der Waals surface area contributed by atoms with Gasteiger partial charge in [-0.25, -0.2) is 0 Å². The molecule has 2 aliphatic rings. The zero-order chi connectivity index (χ0) is 8.39. The third kappa shape index (κ3) is 2.09. The van der Waals surface area contributed by atoms with Gasteiger partial charge in [-0.1, -0.05) is 36.5 Å². The van der Waals surface area contributed by atoms with Crippen LogP contribution < -0.4 is 0 Å². The van der Waals surface area contributed by atoms with Gasteiger partial charge in [0, 0.05) is 28.2 Å². The monoisotopic (exact) mass is 214 g/mol. The van der Waals surface area contributed by atoms with Crippen LogP contribution >= 0.6 is 0 Å². The second kappa shape index (κ2) is 4.40. The van der Waals surface area contributed by atoms with Crippen LogP contribution in [0.1, 0.15) is 12.8 Å². The number of rotatable bonds is 2. The second-order valence-corrected chi connectivity index (χ2v) is 2.98. The molecule has 0 fully saturated rings. The van der Waals surface area contributed by atoms with Crippen LogP contribution in [0.4, 0.5) is 0 Å². The maximum absolute atomic E-state index is 11.6. The Morgan fingerprint density at radius 3 is 1.77 bits per heavy atom. The Hall–Kier alpha value is -0.851. The van der Waals surface area contributed by atoms with Gasteiger partial charge >= 0.3 is 0 Å². The minimum atomic E-state index is 0. The molecular formula is C11H10FeO. The van der Waals surface area contributed by atoms with E-state index in [4.69, 9.17) is 0 Å². The molecule has 0 radical (unpaired) electrons. The maximum Gasteiger partial charge on any atom is 0.185 e. The van der Waals surface area contributed by atoms with Crippen molar-refractivity contribution in [2.45, 2.75) is 12.8 Å². The number of hydrogen-bond acceptors (Lipinski definition) is 1. The Bertz CT molecular complexity index is 300. The van der Waals surface area contributed by atoms with Gasteiger partial charge in [-0.2, -0.15) is 0 Å². The van der Waals surface area contributed by atoms with E-state index in [0.717, 1.165) is 24.0 Å². The van der Waals surface area contributed by atoms with Gasteiger partial charge in [0.05, 0.1) is 0 Å². The molecule has 2 heteroatoms. The summed E-state index contributed by atoms with van der Waals surface area (Å²) in [5, 5.41) is 0. The molecule has 0 amide bonds. The molecule has 0 saturated heterocycles. The first kappa shape index (κ1) is 10.2. The fraction of sp³-hybridized carbons (Fsp3) is 0.182. The Labute approximate surface area is 88.4 Å². The molecule has 0 saturated carbocycles. The van der Waals surface area contributed by atoms with Crippen LogP contribution in [0, 0.1) is 0 Å². The number of allylic oxidation sites excluding steroid dienone is 8. The molecule has 0 atom stereocenters. The number of carbonyl (C=O) groups excluding carboxylic acids is 1. The van der Waals surface area contributed by atoms with Crippen LogP contribution in [0.5, 0.6) is 0 Å². The topological polar surface area (TPSA) is 17.1 Å². The van der Waals surface area contributed by atoms with Crippen LogP contribution in [-0.4, -0.2) is 5.78 Å². The zero-order valence-corrected chi connectivity index (χ0v) is 8.24. The summed E-state index contributed by atoms with van der Waals surface area (Å²) in [6.45, 7) is 0. The SMILES string of the molecule is O=C(C1=CC=CC1)C1=CC=CC1.[Fe]. The van der Waals surface area contributed by atoms with Crippen molar-refractivity contribution in [1.82, 2.24) is 0 Å². The second-order valence-electron chi connectivity index (χ2n) is 2.98. The van der Waals surface area contributed by atoms with E-state index in [2.05, 4.69) is 0 Å². The first-order valence-electron chi connectivity index (χ1n) is 4.14. The quantitative estimate of drug-likeness (QED) is 0.644. The van der Waals surface area contributed by atoms with Crippen molar-refractivity contribution in [1.29, 1.82) is 0 Å². The predicted molar refractivity (Wildman–Crippen MR) is 48.7 cm³/mol. The summed E-state index contributed by atoms with van der Waals surface area (Å²) < 4.78 is 0. The Kier molecular flexibility index (Phi) is 3.47. The van der Waals surface area contributed by atoms with E-state index in [0.29, 0.717) is 0 Å². The normalized spacial score (nSPS) is 18.2. The van der Waals surface area contributed by atoms with Gasteiger partial charge in [-0.05, 0) is 12.8 Å². The summed E-state index contributed by atoms with van der Waals surface area (Å²) in [4.78, 5) is 11.6. The fourth-order valence-electron chi connectivity index (χ4n) is 1.44. The number of Topliss-reactive ketones (excluding diaryl/α,β-unsaturated/α-hetero) is 1. The van der Waals surface area contributed by atoms with E-state index in [1.807, 2.05) is 36.5 Å². The summed E-state index contributed by atoms with van der Waals surface area (Å²) >= 11 is 0. The predicted octanol–water partition coefficient (Wildman–Crippen LogP) is 2.33. The molecule has 0 aromatic rings. The standard InChI is InChI=1S/C11H10O.Fe/c12-11(9-5-1-2-6-9)10-7-3-4-8-10;/h1-5,7H,6,8H2;. The molecule has 0 spiro atoms. The van der Waals surface area contributed by atoms with Crippen LogP contribution in [0.25, 0.3) is 0 Å². The van der Waals surface area contributed by atoms with Crippen LogP contribution in [0.2, 0.25) is 0 Å². The van der Waals surface area contributed by atoms with Crippen molar-refractivity contribution in [2.75, 3.05) is 0 Å². The summed E-state index contributed by atoms with van der Waals surface area (Å²) in [5.74, 6) is 0.213. The van der Waals surface area contributed by atoms with Gasteiger partial charge in [0.15, 0.2) is 5.78 Å². The molecule has 2 aliphatic carbocycles. The molecule has 13 heavy (non-hydrogen) atoms. The molecule has 0 unspecified atom stereocenters. The molecule has 0 bridgehead atoms. The number of ketones is 1. The molecule has 2 rings (SSSR count).